The minimum atomic E-state index is -0.283. The second-order valence-corrected chi connectivity index (χ2v) is 6.49. The fraction of sp³-hybridized carbons (Fsp3) is 0.200. The van der Waals surface area contributed by atoms with E-state index in [-0.39, 0.29) is 5.91 Å². The van der Waals surface area contributed by atoms with Gasteiger partial charge in [0.15, 0.2) is 5.58 Å². The predicted octanol–water partition coefficient (Wildman–Crippen LogP) is 3.97. The largest absolute Gasteiger partial charge is 0.437 e. The average Bonchev–Trinajstić information content (AvgIpc) is 3.10. The Bertz CT molecular complexity index is 960. The molecule has 1 aromatic heterocycles. The van der Waals surface area contributed by atoms with E-state index in [0.717, 1.165) is 24.3 Å². The number of nitrogens with zero attached hydrogens (tertiary/aromatic N) is 2. The van der Waals surface area contributed by atoms with Crippen molar-refractivity contribution in [2.75, 3.05) is 36.5 Å². The molecule has 0 radical (unpaired) electrons. The quantitative estimate of drug-likeness (QED) is 0.690. The fourth-order valence-corrected chi connectivity index (χ4v) is 3.30. The molecule has 4 rings (SSSR count). The normalized spacial score (nSPS) is 14.8. The number of ether oxygens (including phenoxy) is 1. The van der Waals surface area contributed by atoms with Gasteiger partial charge in [0.05, 0.1) is 29.6 Å². The highest BCUT2D eigenvalue weighted by Gasteiger charge is 2.18. The van der Waals surface area contributed by atoms with Crippen LogP contribution in [0.1, 0.15) is 5.89 Å². The van der Waals surface area contributed by atoms with E-state index < -0.39 is 0 Å². The molecular weight excluding hydrogens is 366 g/mol. The van der Waals surface area contributed by atoms with Gasteiger partial charge in [-0.3, -0.25) is 4.79 Å². The second kappa shape index (κ2) is 7.82. The Kier molecular flexibility index (Phi) is 5.09. The molecule has 138 valence electrons. The zero-order chi connectivity index (χ0) is 18.6. The standard InChI is InChI=1S/C20H18ClN3O3/c21-14-4-3-6-16(20(14)24-10-12-26-13-11-24)22-18(25)8-9-19-23-15-5-1-2-7-17(15)27-19/h1-9H,10-13H2,(H,22,25)/b9-8+. The molecule has 0 unspecified atom stereocenters. The molecule has 2 aromatic carbocycles. The maximum absolute atomic E-state index is 12.4. The number of benzene rings is 2. The van der Waals surface area contributed by atoms with Gasteiger partial charge in [-0.05, 0) is 24.3 Å². The van der Waals surface area contributed by atoms with Crippen molar-refractivity contribution in [3.8, 4) is 0 Å². The Labute approximate surface area is 161 Å². The number of aromatic nitrogens is 1. The van der Waals surface area contributed by atoms with Gasteiger partial charge < -0.3 is 19.4 Å². The van der Waals surface area contributed by atoms with Crippen molar-refractivity contribution in [1.29, 1.82) is 0 Å². The highest BCUT2D eigenvalue weighted by molar-refractivity contribution is 6.34. The highest BCUT2D eigenvalue weighted by Crippen LogP contribution is 2.34. The van der Waals surface area contributed by atoms with Crippen LogP contribution < -0.4 is 10.2 Å². The lowest BCUT2D eigenvalue weighted by Gasteiger charge is -2.31. The van der Waals surface area contributed by atoms with Gasteiger partial charge in [-0.2, -0.15) is 0 Å². The van der Waals surface area contributed by atoms with E-state index in [1.807, 2.05) is 42.5 Å². The molecule has 1 fully saturated rings. The molecule has 27 heavy (non-hydrogen) atoms. The van der Waals surface area contributed by atoms with Crippen molar-refractivity contribution < 1.29 is 13.9 Å². The van der Waals surface area contributed by atoms with E-state index in [1.54, 1.807) is 6.08 Å². The van der Waals surface area contributed by atoms with Crippen molar-refractivity contribution in [3.05, 3.63) is 59.5 Å². The summed E-state index contributed by atoms with van der Waals surface area (Å²) in [4.78, 5) is 18.8. The monoisotopic (exact) mass is 383 g/mol. The fourth-order valence-electron chi connectivity index (χ4n) is 3.01. The summed E-state index contributed by atoms with van der Waals surface area (Å²) in [6.45, 7) is 2.73. The van der Waals surface area contributed by atoms with Crippen LogP contribution in [-0.4, -0.2) is 37.2 Å². The number of carbonyl (C=O) groups is 1. The number of carbonyl (C=O) groups excluding carboxylic acids is 1. The first-order valence-corrected chi connectivity index (χ1v) is 9.04. The predicted molar refractivity (Wildman–Crippen MR) is 106 cm³/mol. The Hall–Kier alpha value is -2.83. The lowest BCUT2D eigenvalue weighted by Crippen LogP contribution is -2.37. The SMILES string of the molecule is O=C(/C=C/c1nc2ccccc2o1)Nc1cccc(Cl)c1N1CCOCC1. The molecule has 7 heteroatoms. The molecule has 0 atom stereocenters. The van der Waals surface area contributed by atoms with Crippen molar-refractivity contribution >= 4 is 46.1 Å². The first kappa shape index (κ1) is 17.6. The van der Waals surface area contributed by atoms with E-state index in [4.69, 9.17) is 20.8 Å². The van der Waals surface area contributed by atoms with Crippen molar-refractivity contribution in [2.24, 2.45) is 0 Å². The van der Waals surface area contributed by atoms with E-state index in [0.29, 0.717) is 35.4 Å². The lowest BCUT2D eigenvalue weighted by molar-refractivity contribution is -0.111. The van der Waals surface area contributed by atoms with Crippen LogP contribution in [-0.2, 0) is 9.53 Å². The zero-order valence-electron chi connectivity index (χ0n) is 14.5. The number of halogens is 1. The number of anilines is 2. The van der Waals surface area contributed by atoms with Gasteiger partial charge in [-0.1, -0.05) is 29.8 Å². The van der Waals surface area contributed by atoms with Crippen molar-refractivity contribution in [3.63, 3.8) is 0 Å². The molecule has 2 heterocycles. The summed E-state index contributed by atoms with van der Waals surface area (Å²) in [7, 11) is 0. The summed E-state index contributed by atoms with van der Waals surface area (Å²) in [5.41, 5.74) is 2.91. The molecule has 1 saturated heterocycles. The number of para-hydroxylation sites is 3. The van der Waals surface area contributed by atoms with Crippen molar-refractivity contribution in [2.45, 2.75) is 0 Å². The number of fused-ring (bicyclic) bond motifs is 1. The number of hydrogen-bond donors (Lipinski definition) is 1. The van der Waals surface area contributed by atoms with Crippen LogP contribution in [0.25, 0.3) is 17.2 Å². The van der Waals surface area contributed by atoms with Gasteiger partial charge in [0.1, 0.15) is 5.52 Å². The van der Waals surface area contributed by atoms with Crippen LogP contribution in [0.3, 0.4) is 0 Å². The number of morpholine rings is 1. The van der Waals surface area contributed by atoms with Crippen molar-refractivity contribution in [1.82, 2.24) is 4.98 Å². The molecule has 1 aliphatic heterocycles. The summed E-state index contributed by atoms with van der Waals surface area (Å²) in [6, 6.07) is 12.9. The minimum Gasteiger partial charge on any atom is -0.437 e. The van der Waals surface area contributed by atoms with Gasteiger partial charge in [0.25, 0.3) is 0 Å². The maximum Gasteiger partial charge on any atom is 0.248 e. The van der Waals surface area contributed by atoms with Gasteiger partial charge >= 0.3 is 0 Å². The van der Waals surface area contributed by atoms with Gasteiger partial charge in [0, 0.05) is 25.2 Å². The third-order valence-corrected chi connectivity index (χ3v) is 4.56. The number of oxazole rings is 1. The van der Waals surface area contributed by atoms with E-state index >= 15 is 0 Å². The number of nitrogens with one attached hydrogen (secondary N) is 1. The number of amides is 1. The summed E-state index contributed by atoms with van der Waals surface area (Å²) < 4.78 is 11.0. The average molecular weight is 384 g/mol. The first-order valence-electron chi connectivity index (χ1n) is 8.66. The second-order valence-electron chi connectivity index (χ2n) is 6.08. The Morgan fingerprint density at radius 1 is 1.15 bits per heavy atom. The van der Waals surface area contributed by atoms with Crippen LogP contribution in [0.2, 0.25) is 5.02 Å². The van der Waals surface area contributed by atoms with Gasteiger partial charge in [-0.15, -0.1) is 0 Å². The number of hydrogen-bond acceptors (Lipinski definition) is 5. The van der Waals surface area contributed by atoms with E-state index in [1.165, 1.54) is 6.08 Å². The molecule has 0 spiro atoms. The molecule has 1 aliphatic rings. The highest BCUT2D eigenvalue weighted by atomic mass is 35.5. The summed E-state index contributed by atoms with van der Waals surface area (Å²) >= 11 is 6.39. The van der Waals surface area contributed by atoms with E-state index in [2.05, 4.69) is 15.2 Å². The molecule has 0 saturated carbocycles. The molecule has 0 bridgehead atoms. The van der Waals surface area contributed by atoms with Gasteiger partial charge in [-0.25, -0.2) is 4.98 Å². The number of rotatable bonds is 4. The smallest absolute Gasteiger partial charge is 0.248 e. The Morgan fingerprint density at radius 3 is 2.78 bits per heavy atom. The van der Waals surface area contributed by atoms with Crippen LogP contribution in [0.5, 0.6) is 0 Å². The molecule has 1 amide bonds. The van der Waals surface area contributed by atoms with Crippen LogP contribution >= 0.6 is 11.6 Å². The molecule has 6 nitrogen and oxygen atoms in total. The summed E-state index contributed by atoms with van der Waals surface area (Å²) in [5, 5.41) is 3.49. The third kappa shape index (κ3) is 3.97. The molecule has 0 aliphatic carbocycles. The maximum atomic E-state index is 12.4. The summed E-state index contributed by atoms with van der Waals surface area (Å²) in [6.07, 6.45) is 2.95. The topological polar surface area (TPSA) is 67.6 Å². The third-order valence-electron chi connectivity index (χ3n) is 4.26. The molecule has 1 N–H and O–H groups in total. The van der Waals surface area contributed by atoms with Gasteiger partial charge in [0.2, 0.25) is 11.8 Å². The van der Waals surface area contributed by atoms with E-state index in [9.17, 15) is 4.79 Å². The Morgan fingerprint density at radius 2 is 1.96 bits per heavy atom. The Balaban J connectivity index is 1.51. The first-order chi connectivity index (χ1) is 13.2. The zero-order valence-corrected chi connectivity index (χ0v) is 15.3. The molecule has 3 aromatic rings. The van der Waals surface area contributed by atoms with Crippen LogP contribution in [0.4, 0.5) is 11.4 Å². The van der Waals surface area contributed by atoms with Crippen LogP contribution in [0, 0.1) is 0 Å². The minimum absolute atomic E-state index is 0.283. The lowest BCUT2D eigenvalue weighted by atomic mass is 10.2. The van der Waals surface area contributed by atoms with Crippen LogP contribution in [0.15, 0.2) is 53.0 Å². The summed E-state index contributed by atoms with van der Waals surface area (Å²) in [5.74, 6) is 0.0971. The molecular formula is C20H18ClN3O3.